The van der Waals surface area contributed by atoms with Crippen LogP contribution in [0, 0.1) is 12.7 Å². The monoisotopic (exact) mass is 298 g/mol. The van der Waals surface area contributed by atoms with Crippen LogP contribution in [0.4, 0.5) is 10.3 Å². The fourth-order valence-corrected chi connectivity index (χ4v) is 2.58. The van der Waals surface area contributed by atoms with E-state index in [0.29, 0.717) is 28.8 Å². The molecule has 0 fully saturated rings. The molecule has 2 aromatic heterocycles. The molecular weight excluding hydrogens is 283 g/mol. The molecule has 2 heterocycles. The molecule has 0 radical (unpaired) electrons. The number of fused-ring (bicyclic) bond motifs is 1. The van der Waals surface area contributed by atoms with Crippen molar-refractivity contribution < 1.29 is 4.39 Å². The average Bonchev–Trinajstić information content (AvgIpc) is 2.48. The normalized spacial score (nSPS) is 11.0. The van der Waals surface area contributed by atoms with Crippen LogP contribution in [0.15, 0.2) is 35.1 Å². The summed E-state index contributed by atoms with van der Waals surface area (Å²) in [6, 6.07) is 7.85. The number of rotatable bonds is 2. The fourth-order valence-electron chi connectivity index (χ4n) is 2.58. The first kappa shape index (κ1) is 14.2. The molecule has 2 N–H and O–H groups in total. The Balaban J connectivity index is 2.46. The number of aromatic nitrogens is 3. The van der Waals surface area contributed by atoms with Crippen LogP contribution in [-0.4, -0.2) is 14.5 Å². The van der Waals surface area contributed by atoms with Crippen molar-refractivity contribution in [3.05, 3.63) is 52.2 Å². The van der Waals surface area contributed by atoms with Crippen molar-refractivity contribution in [2.75, 3.05) is 5.73 Å². The van der Waals surface area contributed by atoms with E-state index in [1.54, 1.807) is 31.2 Å². The second-order valence-electron chi connectivity index (χ2n) is 4.99. The maximum absolute atomic E-state index is 14.1. The van der Waals surface area contributed by atoms with Crippen LogP contribution < -0.4 is 11.3 Å². The van der Waals surface area contributed by atoms with E-state index < -0.39 is 5.82 Å². The predicted molar refractivity (Wildman–Crippen MR) is 84.0 cm³/mol. The van der Waals surface area contributed by atoms with Crippen LogP contribution in [0.2, 0.25) is 0 Å². The van der Waals surface area contributed by atoms with Gasteiger partial charge in [-0.3, -0.25) is 9.36 Å². The third kappa shape index (κ3) is 2.13. The van der Waals surface area contributed by atoms with E-state index >= 15 is 0 Å². The number of hydrogen-bond donors (Lipinski definition) is 1. The van der Waals surface area contributed by atoms with Gasteiger partial charge < -0.3 is 5.73 Å². The molecule has 0 saturated carbocycles. The number of nitrogens with two attached hydrogens (primary N) is 1. The first-order valence-electron chi connectivity index (χ1n) is 6.95. The maximum atomic E-state index is 14.1. The molecule has 22 heavy (non-hydrogen) atoms. The van der Waals surface area contributed by atoms with E-state index in [1.165, 1.54) is 10.6 Å². The van der Waals surface area contributed by atoms with Crippen molar-refractivity contribution in [2.45, 2.75) is 20.4 Å². The van der Waals surface area contributed by atoms with Crippen LogP contribution >= 0.6 is 0 Å². The van der Waals surface area contributed by atoms with Crippen molar-refractivity contribution in [3.8, 4) is 11.1 Å². The van der Waals surface area contributed by atoms with Gasteiger partial charge in [0.2, 0.25) is 5.95 Å². The van der Waals surface area contributed by atoms with E-state index in [2.05, 4.69) is 9.97 Å². The highest BCUT2D eigenvalue weighted by Crippen LogP contribution is 2.24. The van der Waals surface area contributed by atoms with E-state index in [4.69, 9.17) is 5.73 Å². The molecule has 1 aromatic carbocycles. The molecule has 0 aliphatic carbocycles. The van der Waals surface area contributed by atoms with Crippen molar-refractivity contribution >= 4 is 17.0 Å². The molecule has 3 rings (SSSR count). The number of anilines is 1. The van der Waals surface area contributed by atoms with Gasteiger partial charge in [0.05, 0.1) is 11.3 Å². The second-order valence-corrected chi connectivity index (χ2v) is 4.99. The lowest BCUT2D eigenvalue weighted by molar-refractivity contribution is 0.630. The molecule has 112 valence electrons. The van der Waals surface area contributed by atoms with Gasteiger partial charge in [-0.1, -0.05) is 18.2 Å². The largest absolute Gasteiger partial charge is 0.368 e. The van der Waals surface area contributed by atoms with Gasteiger partial charge in [0, 0.05) is 17.5 Å². The minimum absolute atomic E-state index is 0.116. The maximum Gasteiger partial charge on any atom is 0.260 e. The molecule has 0 unspecified atom stereocenters. The Labute approximate surface area is 126 Å². The number of benzene rings is 1. The van der Waals surface area contributed by atoms with Crippen molar-refractivity contribution in [1.29, 1.82) is 0 Å². The zero-order valence-corrected chi connectivity index (χ0v) is 12.3. The summed E-state index contributed by atoms with van der Waals surface area (Å²) in [6.07, 6.45) is 0. The van der Waals surface area contributed by atoms with Crippen LogP contribution in [0.1, 0.15) is 12.6 Å². The first-order chi connectivity index (χ1) is 10.5. The third-order valence-electron chi connectivity index (χ3n) is 3.63. The quantitative estimate of drug-likeness (QED) is 0.789. The summed E-state index contributed by atoms with van der Waals surface area (Å²) in [4.78, 5) is 21.0. The third-order valence-corrected chi connectivity index (χ3v) is 3.63. The lowest BCUT2D eigenvalue weighted by Gasteiger charge is -2.12. The zero-order chi connectivity index (χ0) is 15.9. The van der Waals surface area contributed by atoms with Gasteiger partial charge in [-0.05, 0) is 26.0 Å². The molecule has 0 atom stereocenters. The minimum Gasteiger partial charge on any atom is -0.368 e. The molecule has 0 aliphatic rings. The molecule has 6 heteroatoms. The molecule has 3 aromatic rings. The predicted octanol–water partition coefficient (Wildman–Crippen LogP) is 2.51. The average molecular weight is 298 g/mol. The SMILES string of the molecule is CCn1c(=O)c(-c2ccccc2F)cc2c(C)nc(N)nc21. The first-order valence-corrected chi connectivity index (χ1v) is 6.95. The van der Waals surface area contributed by atoms with Gasteiger partial charge in [-0.2, -0.15) is 4.98 Å². The zero-order valence-electron chi connectivity index (χ0n) is 12.3. The lowest BCUT2D eigenvalue weighted by Crippen LogP contribution is -2.23. The summed E-state index contributed by atoms with van der Waals surface area (Å²) >= 11 is 0. The fraction of sp³-hybridized carbons (Fsp3) is 0.188. The van der Waals surface area contributed by atoms with Crippen LogP contribution in [-0.2, 0) is 6.54 Å². The van der Waals surface area contributed by atoms with Gasteiger partial charge in [0.1, 0.15) is 11.5 Å². The topological polar surface area (TPSA) is 73.8 Å². The molecule has 0 saturated heterocycles. The van der Waals surface area contributed by atoms with Crippen molar-refractivity contribution in [1.82, 2.24) is 14.5 Å². The van der Waals surface area contributed by atoms with E-state index in [0.717, 1.165) is 0 Å². The van der Waals surface area contributed by atoms with Crippen molar-refractivity contribution in [2.24, 2.45) is 0 Å². The van der Waals surface area contributed by atoms with Crippen molar-refractivity contribution in [3.63, 3.8) is 0 Å². The Hall–Kier alpha value is -2.76. The number of hydrogen-bond acceptors (Lipinski definition) is 4. The van der Waals surface area contributed by atoms with Crippen LogP contribution in [0.3, 0.4) is 0 Å². The molecule has 0 spiro atoms. The number of halogens is 1. The Morgan fingerprint density at radius 1 is 1.23 bits per heavy atom. The molecule has 0 aliphatic heterocycles. The summed E-state index contributed by atoms with van der Waals surface area (Å²) in [6.45, 7) is 4.03. The highest BCUT2D eigenvalue weighted by Gasteiger charge is 2.16. The number of nitrogen functional groups attached to an aromatic ring is 1. The lowest BCUT2D eigenvalue weighted by atomic mass is 10.0. The van der Waals surface area contributed by atoms with Crippen LogP contribution in [0.5, 0.6) is 0 Å². The van der Waals surface area contributed by atoms with Gasteiger partial charge >= 0.3 is 0 Å². The highest BCUT2D eigenvalue weighted by atomic mass is 19.1. The number of pyridine rings is 1. The van der Waals surface area contributed by atoms with Gasteiger partial charge in [-0.15, -0.1) is 0 Å². The van der Waals surface area contributed by atoms with Gasteiger partial charge in [0.15, 0.2) is 0 Å². The summed E-state index contributed by atoms with van der Waals surface area (Å²) in [7, 11) is 0. The standard InChI is InChI=1S/C16H15FN4O/c1-3-21-14-11(9(2)19-16(18)20-14)8-12(15(21)22)10-6-4-5-7-13(10)17/h4-8H,3H2,1-2H3,(H2,18,19,20). The summed E-state index contributed by atoms with van der Waals surface area (Å²) in [5, 5.41) is 0.689. The van der Waals surface area contributed by atoms with E-state index in [-0.39, 0.29) is 17.1 Å². The number of nitrogens with zero attached hydrogens (tertiary/aromatic N) is 3. The van der Waals surface area contributed by atoms with Crippen LogP contribution in [0.25, 0.3) is 22.2 Å². The molecule has 5 nitrogen and oxygen atoms in total. The van der Waals surface area contributed by atoms with Gasteiger partial charge in [0.25, 0.3) is 5.56 Å². The number of aryl methyl sites for hydroxylation is 2. The summed E-state index contributed by atoms with van der Waals surface area (Å²) < 4.78 is 15.5. The van der Waals surface area contributed by atoms with E-state index in [9.17, 15) is 9.18 Å². The Kier molecular flexibility index (Phi) is 3.36. The molecule has 0 amide bonds. The summed E-state index contributed by atoms with van der Waals surface area (Å²) in [5.74, 6) is -0.319. The molecule has 0 bridgehead atoms. The Morgan fingerprint density at radius 3 is 2.64 bits per heavy atom. The summed E-state index contributed by atoms with van der Waals surface area (Å²) in [5.41, 5.74) is 7.07. The smallest absolute Gasteiger partial charge is 0.260 e. The van der Waals surface area contributed by atoms with E-state index in [1.807, 2.05) is 6.92 Å². The highest BCUT2D eigenvalue weighted by molar-refractivity contribution is 5.84. The van der Waals surface area contributed by atoms with Gasteiger partial charge in [-0.25, -0.2) is 9.37 Å². The Bertz CT molecular complexity index is 933. The molecular formula is C16H15FN4O. The second kappa shape index (κ2) is 5.22. The Morgan fingerprint density at radius 2 is 1.95 bits per heavy atom. The minimum atomic E-state index is -0.435.